The standard InChI is InChI=1S/C17H17N5O2/c1-13-18-9-11-22(13)16-8-7-15(20-21-16)17(23)19-10-12-24-14-5-3-2-4-6-14/h2-9,11H,10,12H2,1H3,(H,19,23). The SMILES string of the molecule is Cc1nccn1-c1ccc(C(=O)NCCOc2ccccc2)nn1. The molecule has 2 aromatic heterocycles. The van der Waals surface area contributed by atoms with Crippen LogP contribution in [0.5, 0.6) is 5.75 Å². The van der Waals surface area contributed by atoms with Crippen molar-refractivity contribution < 1.29 is 9.53 Å². The lowest BCUT2D eigenvalue weighted by Gasteiger charge is -2.07. The molecule has 0 saturated heterocycles. The fourth-order valence-electron chi connectivity index (χ4n) is 2.14. The molecule has 3 aromatic rings. The minimum Gasteiger partial charge on any atom is -0.492 e. The Bertz CT molecular complexity index is 799. The van der Waals surface area contributed by atoms with Gasteiger partial charge in [-0.2, -0.15) is 0 Å². The Balaban J connectivity index is 1.51. The van der Waals surface area contributed by atoms with E-state index in [0.29, 0.717) is 19.0 Å². The number of aromatic nitrogens is 4. The number of hydrogen-bond acceptors (Lipinski definition) is 5. The molecule has 0 aliphatic rings. The summed E-state index contributed by atoms with van der Waals surface area (Å²) in [6, 6.07) is 12.8. The van der Waals surface area contributed by atoms with E-state index in [0.717, 1.165) is 11.6 Å². The molecule has 0 aliphatic carbocycles. The van der Waals surface area contributed by atoms with Crippen LogP contribution >= 0.6 is 0 Å². The molecule has 0 fully saturated rings. The fraction of sp³-hybridized carbons (Fsp3) is 0.176. The topological polar surface area (TPSA) is 81.9 Å². The van der Waals surface area contributed by atoms with Gasteiger partial charge in [0.25, 0.3) is 5.91 Å². The third-order valence-corrected chi connectivity index (χ3v) is 3.36. The minimum atomic E-state index is -0.284. The zero-order valence-electron chi connectivity index (χ0n) is 13.2. The van der Waals surface area contributed by atoms with Crippen LogP contribution in [0, 0.1) is 6.92 Å². The van der Waals surface area contributed by atoms with Gasteiger partial charge < -0.3 is 10.1 Å². The molecule has 0 saturated carbocycles. The monoisotopic (exact) mass is 323 g/mol. The first-order valence-corrected chi connectivity index (χ1v) is 7.54. The average molecular weight is 323 g/mol. The number of carbonyl (C=O) groups is 1. The van der Waals surface area contributed by atoms with Crippen molar-refractivity contribution in [2.45, 2.75) is 6.92 Å². The van der Waals surface area contributed by atoms with Gasteiger partial charge in [-0.05, 0) is 31.2 Å². The van der Waals surface area contributed by atoms with Crippen molar-refractivity contribution in [2.24, 2.45) is 0 Å². The lowest BCUT2D eigenvalue weighted by Crippen LogP contribution is -2.29. The van der Waals surface area contributed by atoms with Gasteiger partial charge in [-0.3, -0.25) is 9.36 Å². The summed E-state index contributed by atoms with van der Waals surface area (Å²) in [7, 11) is 0. The molecule has 122 valence electrons. The Morgan fingerprint density at radius 1 is 1.17 bits per heavy atom. The van der Waals surface area contributed by atoms with Gasteiger partial charge in [0.15, 0.2) is 11.5 Å². The number of carbonyl (C=O) groups excluding carboxylic acids is 1. The average Bonchev–Trinajstić information content (AvgIpc) is 3.05. The number of benzene rings is 1. The molecular formula is C17H17N5O2. The van der Waals surface area contributed by atoms with Crippen molar-refractivity contribution in [2.75, 3.05) is 13.2 Å². The molecule has 0 atom stereocenters. The van der Waals surface area contributed by atoms with E-state index in [9.17, 15) is 4.79 Å². The fourth-order valence-corrected chi connectivity index (χ4v) is 2.14. The van der Waals surface area contributed by atoms with Gasteiger partial charge >= 0.3 is 0 Å². The molecule has 0 aliphatic heterocycles. The van der Waals surface area contributed by atoms with Crippen LogP contribution in [0.2, 0.25) is 0 Å². The Hall–Kier alpha value is -3.22. The summed E-state index contributed by atoms with van der Waals surface area (Å²) < 4.78 is 7.31. The number of para-hydroxylation sites is 1. The van der Waals surface area contributed by atoms with Crippen LogP contribution in [-0.2, 0) is 0 Å². The van der Waals surface area contributed by atoms with E-state index in [1.54, 1.807) is 29.1 Å². The summed E-state index contributed by atoms with van der Waals surface area (Å²) in [5, 5.41) is 10.8. The first kappa shape index (κ1) is 15.7. The van der Waals surface area contributed by atoms with E-state index in [4.69, 9.17) is 4.74 Å². The van der Waals surface area contributed by atoms with Crippen molar-refractivity contribution in [3.05, 3.63) is 66.4 Å². The van der Waals surface area contributed by atoms with Gasteiger partial charge in [0.1, 0.15) is 18.2 Å². The quantitative estimate of drug-likeness (QED) is 0.699. The van der Waals surface area contributed by atoms with E-state index in [2.05, 4.69) is 20.5 Å². The molecule has 7 heteroatoms. The molecule has 1 amide bonds. The molecule has 1 aromatic carbocycles. The number of nitrogens with one attached hydrogen (secondary N) is 1. The van der Waals surface area contributed by atoms with Crippen LogP contribution < -0.4 is 10.1 Å². The van der Waals surface area contributed by atoms with Crippen molar-refractivity contribution in [3.8, 4) is 11.6 Å². The predicted octanol–water partition coefficient (Wildman–Crippen LogP) is 1.78. The number of rotatable bonds is 6. The molecule has 3 rings (SSSR count). The lowest BCUT2D eigenvalue weighted by atomic mass is 10.3. The van der Waals surface area contributed by atoms with Gasteiger partial charge in [0.2, 0.25) is 0 Å². The number of imidazole rings is 1. The van der Waals surface area contributed by atoms with E-state index in [1.165, 1.54) is 0 Å². The highest BCUT2D eigenvalue weighted by Gasteiger charge is 2.09. The molecular weight excluding hydrogens is 306 g/mol. The number of nitrogens with zero attached hydrogens (tertiary/aromatic N) is 4. The first-order valence-electron chi connectivity index (χ1n) is 7.54. The van der Waals surface area contributed by atoms with Crippen LogP contribution in [0.1, 0.15) is 16.3 Å². The maximum atomic E-state index is 12.0. The molecule has 0 bridgehead atoms. The van der Waals surface area contributed by atoms with Crippen molar-refractivity contribution >= 4 is 5.91 Å². The highest BCUT2D eigenvalue weighted by atomic mass is 16.5. The summed E-state index contributed by atoms with van der Waals surface area (Å²) in [6.45, 7) is 2.64. The number of amides is 1. The summed E-state index contributed by atoms with van der Waals surface area (Å²) in [5.74, 6) is 1.91. The van der Waals surface area contributed by atoms with Crippen LogP contribution in [0.3, 0.4) is 0 Å². The normalized spacial score (nSPS) is 10.4. The van der Waals surface area contributed by atoms with Gasteiger partial charge in [-0.25, -0.2) is 4.98 Å². The smallest absolute Gasteiger partial charge is 0.271 e. The molecule has 0 spiro atoms. The Labute approximate surface area is 139 Å². The molecule has 0 unspecified atom stereocenters. The second-order valence-corrected chi connectivity index (χ2v) is 5.04. The van der Waals surface area contributed by atoms with Crippen LogP contribution in [-0.4, -0.2) is 38.8 Å². The molecule has 2 heterocycles. The van der Waals surface area contributed by atoms with Gasteiger partial charge in [0, 0.05) is 12.4 Å². The Kier molecular flexibility index (Phi) is 4.81. The van der Waals surface area contributed by atoms with E-state index < -0.39 is 0 Å². The van der Waals surface area contributed by atoms with E-state index >= 15 is 0 Å². The van der Waals surface area contributed by atoms with Crippen LogP contribution in [0.4, 0.5) is 0 Å². The molecule has 24 heavy (non-hydrogen) atoms. The molecule has 1 N–H and O–H groups in total. The molecule has 7 nitrogen and oxygen atoms in total. The minimum absolute atomic E-state index is 0.260. The maximum Gasteiger partial charge on any atom is 0.271 e. The second-order valence-electron chi connectivity index (χ2n) is 5.04. The zero-order valence-corrected chi connectivity index (χ0v) is 13.2. The number of aryl methyl sites for hydroxylation is 1. The highest BCUT2D eigenvalue weighted by molar-refractivity contribution is 5.92. The van der Waals surface area contributed by atoms with Crippen molar-refractivity contribution in [3.63, 3.8) is 0 Å². The third kappa shape index (κ3) is 3.75. The van der Waals surface area contributed by atoms with Gasteiger partial charge in [-0.15, -0.1) is 10.2 Å². The van der Waals surface area contributed by atoms with Gasteiger partial charge in [0.05, 0.1) is 6.54 Å². The predicted molar refractivity (Wildman–Crippen MR) is 88.2 cm³/mol. The van der Waals surface area contributed by atoms with E-state index in [1.807, 2.05) is 37.3 Å². The Morgan fingerprint density at radius 3 is 2.67 bits per heavy atom. The van der Waals surface area contributed by atoms with E-state index in [-0.39, 0.29) is 11.6 Å². The third-order valence-electron chi connectivity index (χ3n) is 3.36. The summed E-state index contributed by atoms with van der Waals surface area (Å²) in [5.41, 5.74) is 0.260. The lowest BCUT2D eigenvalue weighted by molar-refractivity contribution is 0.0941. The summed E-state index contributed by atoms with van der Waals surface area (Å²) >= 11 is 0. The Morgan fingerprint density at radius 2 is 2.00 bits per heavy atom. The first-order chi connectivity index (χ1) is 11.7. The second kappa shape index (κ2) is 7.36. The van der Waals surface area contributed by atoms with Crippen molar-refractivity contribution in [1.29, 1.82) is 0 Å². The molecule has 0 radical (unpaired) electrons. The zero-order chi connectivity index (χ0) is 16.8. The summed E-state index contributed by atoms with van der Waals surface area (Å²) in [6.07, 6.45) is 3.48. The maximum absolute atomic E-state index is 12.0. The van der Waals surface area contributed by atoms with Gasteiger partial charge in [-0.1, -0.05) is 18.2 Å². The number of ether oxygens (including phenoxy) is 1. The highest BCUT2D eigenvalue weighted by Crippen LogP contribution is 2.08. The summed E-state index contributed by atoms with van der Waals surface area (Å²) in [4.78, 5) is 16.2. The largest absolute Gasteiger partial charge is 0.492 e. The van der Waals surface area contributed by atoms with Crippen molar-refractivity contribution in [1.82, 2.24) is 25.1 Å². The van der Waals surface area contributed by atoms with Crippen LogP contribution in [0.15, 0.2) is 54.9 Å². The van der Waals surface area contributed by atoms with Crippen LogP contribution in [0.25, 0.3) is 5.82 Å². The number of hydrogen-bond donors (Lipinski definition) is 1.